The van der Waals surface area contributed by atoms with Gasteiger partial charge < -0.3 is 9.64 Å². The van der Waals surface area contributed by atoms with Crippen LogP contribution in [0, 0.1) is 5.92 Å². The number of hydrogen-bond donors (Lipinski definition) is 0. The third-order valence-corrected chi connectivity index (χ3v) is 4.68. The Balaban J connectivity index is 1.67. The van der Waals surface area contributed by atoms with E-state index in [0.29, 0.717) is 31.8 Å². The van der Waals surface area contributed by atoms with Gasteiger partial charge in [0.05, 0.1) is 11.8 Å². The molecule has 0 saturated heterocycles. The number of fused-ring (bicyclic) bond motifs is 1. The van der Waals surface area contributed by atoms with Gasteiger partial charge in [-0.05, 0) is 18.8 Å². The molecule has 2 unspecified atom stereocenters. The van der Waals surface area contributed by atoms with Crippen molar-refractivity contribution in [3.63, 3.8) is 0 Å². The second-order valence-electron chi connectivity index (χ2n) is 5.96. The summed E-state index contributed by atoms with van der Waals surface area (Å²) in [6, 6.07) is 1.60. The van der Waals surface area contributed by atoms with Gasteiger partial charge in [-0.2, -0.15) is 5.10 Å². The third kappa shape index (κ3) is 2.72. The van der Waals surface area contributed by atoms with Gasteiger partial charge in [0, 0.05) is 51.7 Å². The minimum Gasteiger partial charge on any atom is -0.381 e. The summed E-state index contributed by atoms with van der Waals surface area (Å²) in [6.45, 7) is 1.18. The van der Waals surface area contributed by atoms with E-state index < -0.39 is 0 Å². The van der Waals surface area contributed by atoms with Crippen molar-refractivity contribution >= 4 is 5.91 Å². The van der Waals surface area contributed by atoms with Crippen molar-refractivity contribution in [1.82, 2.24) is 14.7 Å². The van der Waals surface area contributed by atoms with Crippen LogP contribution in [-0.4, -0.2) is 40.3 Å². The molecule has 114 valence electrons. The number of rotatable bonds is 3. The van der Waals surface area contributed by atoms with Gasteiger partial charge >= 0.3 is 0 Å². The molecule has 1 amide bonds. The Bertz CT molecular complexity index is 609. The quantitative estimate of drug-likeness (QED) is 0.812. The molecule has 6 nitrogen and oxygen atoms in total. The number of hydrogen-bond acceptors (Lipinski definition) is 4. The van der Waals surface area contributed by atoms with E-state index in [1.54, 1.807) is 20.2 Å². The molecule has 1 aromatic rings. The van der Waals surface area contributed by atoms with Gasteiger partial charge in [-0.1, -0.05) is 0 Å². The van der Waals surface area contributed by atoms with E-state index in [2.05, 4.69) is 5.10 Å². The molecule has 0 bridgehead atoms. The monoisotopic (exact) mass is 291 g/mol. The first-order chi connectivity index (χ1) is 10.1. The van der Waals surface area contributed by atoms with Crippen molar-refractivity contribution in [2.45, 2.75) is 38.3 Å². The lowest BCUT2D eigenvalue weighted by Crippen LogP contribution is -2.42. The van der Waals surface area contributed by atoms with Crippen molar-refractivity contribution in [2.24, 2.45) is 13.0 Å². The molecule has 0 radical (unpaired) electrons. The molecule has 1 saturated carbocycles. The Morgan fingerprint density at radius 3 is 2.95 bits per heavy atom. The van der Waals surface area contributed by atoms with Crippen molar-refractivity contribution in [1.29, 1.82) is 0 Å². The van der Waals surface area contributed by atoms with E-state index >= 15 is 0 Å². The molecule has 2 aliphatic rings. The second kappa shape index (κ2) is 5.60. The number of methoxy groups -OCH3 is 1. The molecular formula is C15H21N3O3. The second-order valence-corrected chi connectivity index (χ2v) is 5.96. The first-order valence-electron chi connectivity index (χ1n) is 7.45. The summed E-state index contributed by atoms with van der Waals surface area (Å²) in [5.41, 5.74) is 1.69. The first kappa shape index (κ1) is 14.3. The summed E-state index contributed by atoms with van der Waals surface area (Å²) in [6.07, 6.45) is 3.62. The Kier molecular flexibility index (Phi) is 3.80. The van der Waals surface area contributed by atoms with Crippen LogP contribution >= 0.6 is 0 Å². The van der Waals surface area contributed by atoms with Gasteiger partial charge in [0.1, 0.15) is 0 Å². The first-order valence-corrected chi connectivity index (χ1v) is 7.45. The van der Waals surface area contributed by atoms with E-state index in [-0.39, 0.29) is 17.6 Å². The van der Waals surface area contributed by atoms with E-state index in [1.807, 2.05) is 4.90 Å². The molecule has 1 aliphatic carbocycles. The van der Waals surface area contributed by atoms with Crippen molar-refractivity contribution < 1.29 is 9.53 Å². The Hall–Kier alpha value is -1.69. The highest BCUT2D eigenvalue weighted by Gasteiger charge is 2.34. The van der Waals surface area contributed by atoms with Crippen LogP contribution in [0.2, 0.25) is 0 Å². The lowest BCUT2D eigenvalue weighted by Gasteiger charge is -2.37. The minimum absolute atomic E-state index is 0.124. The van der Waals surface area contributed by atoms with Crippen LogP contribution in [0.5, 0.6) is 0 Å². The Labute approximate surface area is 123 Å². The molecule has 1 aliphatic heterocycles. The maximum Gasteiger partial charge on any atom is 0.266 e. The Morgan fingerprint density at radius 1 is 1.48 bits per heavy atom. The van der Waals surface area contributed by atoms with Crippen LogP contribution < -0.4 is 5.56 Å². The molecule has 2 heterocycles. The fraction of sp³-hybridized carbons (Fsp3) is 0.667. The third-order valence-electron chi connectivity index (χ3n) is 4.68. The Morgan fingerprint density at radius 2 is 2.29 bits per heavy atom. The van der Waals surface area contributed by atoms with E-state index in [0.717, 1.165) is 24.1 Å². The van der Waals surface area contributed by atoms with Crippen LogP contribution in [0.1, 0.15) is 30.5 Å². The zero-order valence-corrected chi connectivity index (χ0v) is 12.5. The molecule has 21 heavy (non-hydrogen) atoms. The number of carbonyl (C=O) groups excluding carboxylic acids is 1. The van der Waals surface area contributed by atoms with Gasteiger partial charge in [0.2, 0.25) is 5.91 Å². The highest BCUT2D eigenvalue weighted by molar-refractivity contribution is 5.77. The highest BCUT2D eigenvalue weighted by atomic mass is 16.5. The van der Waals surface area contributed by atoms with E-state index in [4.69, 9.17) is 4.74 Å². The summed E-state index contributed by atoms with van der Waals surface area (Å²) in [7, 11) is 3.36. The van der Waals surface area contributed by atoms with Gasteiger partial charge in [0.15, 0.2) is 0 Å². The number of ether oxygens (including phenoxy) is 1. The topological polar surface area (TPSA) is 64.4 Å². The molecule has 1 aromatic heterocycles. The normalized spacial score (nSPS) is 24.4. The number of carbonyl (C=O) groups is 1. The lowest BCUT2D eigenvalue weighted by molar-refractivity contribution is -0.136. The SMILES string of the molecule is COC1CCC1CC(=O)N1CCc2nn(C)c(=O)cc2C1. The summed E-state index contributed by atoms with van der Waals surface area (Å²) in [5.74, 6) is 0.513. The standard InChI is InChI=1S/C15H21N3O3/c1-17-14(19)8-11-9-18(6-5-12(11)16-17)15(20)7-10-3-4-13(10)21-2/h8,10,13H,3-7,9H2,1-2H3. The van der Waals surface area contributed by atoms with Crippen molar-refractivity contribution in [2.75, 3.05) is 13.7 Å². The fourth-order valence-electron chi connectivity index (χ4n) is 3.14. The van der Waals surface area contributed by atoms with E-state index in [9.17, 15) is 9.59 Å². The van der Waals surface area contributed by atoms with Crippen LogP contribution in [-0.2, 0) is 29.5 Å². The number of amides is 1. The number of nitrogens with zero attached hydrogens (tertiary/aromatic N) is 3. The predicted molar refractivity (Wildman–Crippen MR) is 76.7 cm³/mol. The summed E-state index contributed by atoms with van der Waals surface area (Å²) in [5, 5.41) is 4.27. The van der Waals surface area contributed by atoms with Crippen LogP contribution in [0.25, 0.3) is 0 Å². The average Bonchev–Trinajstić information content (AvgIpc) is 2.44. The maximum absolute atomic E-state index is 12.4. The van der Waals surface area contributed by atoms with Gasteiger partial charge in [-0.25, -0.2) is 4.68 Å². The summed E-state index contributed by atoms with van der Waals surface area (Å²) >= 11 is 0. The summed E-state index contributed by atoms with van der Waals surface area (Å²) < 4.78 is 6.70. The van der Waals surface area contributed by atoms with E-state index in [1.165, 1.54) is 4.68 Å². The fourth-order valence-corrected chi connectivity index (χ4v) is 3.14. The molecule has 3 rings (SSSR count). The van der Waals surface area contributed by atoms with Crippen LogP contribution in [0.3, 0.4) is 0 Å². The van der Waals surface area contributed by atoms with Crippen molar-refractivity contribution in [3.8, 4) is 0 Å². The zero-order chi connectivity index (χ0) is 15.0. The van der Waals surface area contributed by atoms with Gasteiger partial charge in [-0.15, -0.1) is 0 Å². The number of aromatic nitrogens is 2. The summed E-state index contributed by atoms with van der Waals surface area (Å²) in [4.78, 5) is 25.9. The smallest absolute Gasteiger partial charge is 0.266 e. The predicted octanol–water partition coefficient (Wildman–Crippen LogP) is 0.480. The lowest BCUT2D eigenvalue weighted by atomic mass is 9.79. The molecule has 6 heteroatoms. The maximum atomic E-state index is 12.4. The van der Waals surface area contributed by atoms with Crippen LogP contribution in [0.4, 0.5) is 0 Å². The highest BCUT2D eigenvalue weighted by Crippen LogP contribution is 2.33. The molecule has 0 N–H and O–H groups in total. The van der Waals surface area contributed by atoms with Crippen LogP contribution in [0.15, 0.2) is 10.9 Å². The van der Waals surface area contributed by atoms with Gasteiger partial charge in [-0.3, -0.25) is 9.59 Å². The van der Waals surface area contributed by atoms with Crippen molar-refractivity contribution in [3.05, 3.63) is 27.7 Å². The molecule has 0 aromatic carbocycles. The molecular weight excluding hydrogens is 270 g/mol. The number of aryl methyl sites for hydroxylation is 1. The molecule has 1 fully saturated rings. The molecule has 2 atom stereocenters. The minimum atomic E-state index is -0.124. The largest absolute Gasteiger partial charge is 0.381 e. The zero-order valence-electron chi connectivity index (χ0n) is 12.5. The van der Waals surface area contributed by atoms with Gasteiger partial charge in [0.25, 0.3) is 5.56 Å². The average molecular weight is 291 g/mol. The molecule has 0 spiro atoms.